The minimum Gasteiger partial charge on any atom is -0.468 e. The van der Waals surface area contributed by atoms with E-state index in [0.717, 1.165) is 23.5 Å². The molecule has 1 fully saturated rings. The van der Waals surface area contributed by atoms with Gasteiger partial charge < -0.3 is 4.74 Å². The molecule has 21 heavy (non-hydrogen) atoms. The number of esters is 1. The van der Waals surface area contributed by atoms with Gasteiger partial charge in [-0.25, -0.2) is 9.67 Å². The zero-order valence-electron chi connectivity index (χ0n) is 12.3. The van der Waals surface area contributed by atoms with Gasteiger partial charge in [0.1, 0.15) is 16.8 Å². The number of aromatic nitrogens is 3. The lowest BCUT2D eigenvalue weighted by atomic mass is 10.1. The Hall–Kier alpha value is -1.76. The molecule has 1 saturated carbocycles. The quantitative estimate of drug-likeness (QED) is 0.808. The van der Waals surface area contributed by atoms with Crippen molar-refractivity contribution in [2.45, 2.75) is 45.1 Å². The molecule has 2 heterocycles. The number of ether oxygens (including phenoxy) is 1. The number of hydrogen-bond donors (Lipinski definition) is 0. The monoisotopic (exact) mass is 307 g/mol. The summed E-state index contributed by atoms with van der Waals surface area (Å²) in [5, 5.41) is 5.34. The van der Waals surface area contributed by atoms with E-state index >= 15 is 0 Å². The molecule has 0 amide bonds. The number of hydrogen-bond acceptors (Lipinski definition) is 6. The van der Waals surface area contributed by atoms with Gasteiger partial charge in [-0.15, -0.1) is 11.3 Å². The summed E-state index contributed by atoms with van der Waals surface area (Å²) in [6, 6.07) is 0. The van der Waals surface area contributed by atoms with E-state index in [2.05, 4.69) is 14.8 Å². The highest BCUT2D eigenvalue weighted by atomic mass is 32.1. The summed E-state index contributed by atoms with van der Waals surface area (Å²) in [5.74, 6) is 0.146. The van der Waals surface area contributed by atoms with Crippen LogP contribution in [0.3, 0.4) is 0 Å². The molecule has 2 aromatic heterocycles. The number of carbonyl (C=O) groups is 1. The molecular formula is C14H17N3O3S. The predicted octanol–water partition coefficient (Wildman–Crippen LogP) is 2.03. The van der Waals surface area contributed by atoms with Crippen LogP contribution in [-0.2, 0) is 16.1 Å². The highest BCUT2D eigenvalue weighted by Gasteiger charge is 2.29. The first-order chi connectivity index (χ1) is 10.0. The number of nitrogens with zero attached hydrogens (tertiary/aromatic N) is 3. The molecule has 1 aliphatic rings. The van der Waals surface area contributed by atoms with Crippen molar-refractivity contribution in [1.82, 2.24) is 14.8 Å². The molecule has 6 nitrogen and oxygen atoms in total. The molecule has 0 N–H and O–H groups in total. The van der Waals surface area contributed by atoms with Crippen LogP contribution in [0, 0.1) is 0 Å². The molecule has 0 radical (unpaired) electrons. The zero-order valence-corrected chi connectivity index (χ0v) is 13.1. The van der Waals surface area contributed by atoms with Crippen LogP contribution < -0.4 is 5.56 Å². The van der Waals surface area contributed by atoms with Crippen molar-refractivity contribution in [1.29, 1.82) is 0 Å². The summed E-state index contributed by atoms with van der Waals surface area (Å²) < 4.78 is 6.41. The summed E-state index contributed by atoms with van der Waals surface area (Å²) in [7, 11) is 1.30. The summed E-state index contributed by atoms with van der Waals surface area (Å²) >= 11 is 1.44. The fraction of sp³-hybridized carbons (Fsp3) is 0.571. The predicted molar refractivity (Wildman–Crippen MR) is 79.8 cm³/mol. The molecule has 0 aromatic carbocycles. The van der Waals surface area contributed by atoms with E-state index in [1.54, 1.807) is 0 Å². The molecular weight excluding hydrogens is 290 g/mol. The Bertz CT molecular complexity index is 759. The minimum absolute atomic E-state index is 0.131. The van der Waals surface area contributed by atoms with Gasteiger partial charge in [0.25, 0.3) is 5.56 Å². The van der Waals surface area contributed by atoms with E-state index in [0.29, 0.717) is 16.1 Å². The topological polar surface area (TPSA) is 74.1 Å². The first-order valence-corrected chi connectivity index (χ1v) is 7.81. The molecule has 0 unspecified atom stereocenters. The van der Waals surface area contributed by atoms with Crippen molar-refractivity contribution in [3.63, 3.8) is 0 Å². The standard InChI is InChI=1S/C14H17N3O3S/c1-7(2)10-11-12(21-13(15-11)8-4-5-8)14(19)17(16-10)6-9(18)20-3/h7-8H,4-6H2,1-3H3. The van der Waals surface area contributed by atoms with Crippen LogP contribution in [0.25, 0.3) is 10.2 Å². The number of fused-ring (bicyclic) bond motifs is 1. The maximum Gasteiger partial charge on any atom is 0.327 e. The SMILES string of the molecule is COC(=O)Cn1nc(C(C)C)c2nc(C3CC3)sc2c1=O. The van der Waals surface area contributed by atoms with Gasteiger partial charge in [0.05, 0.1) is 17.8 Å². The van der Waals surface area contributed by atoms with Gasteiger partial charge in [0.2, 0.25) is 0 Å². The molecule has 1 aliphatic carbocycles. The fourth-order valence-electron chi connectivity index (χ4n) is 2.18. The second-order valence-electron chi connectivity index (χ2n) is 5.58. The Balaban J connectivity index is 2.18. The third-order valence-electron chi connectivity index (χ3n) is 3.52. The third-order valence-corrected chi connectivity index (χ3v) is 4.73. The first kappa shape index (κ1) is 14.2. The lowest BCUT2D eigenvalue weighted by molar-refractivity contribution is -0.141. The second-order valence-corrected chi connectivity index (χ2v) is 6.61. The van der Waals surface area contributed by atoms with E-state index in [-0.39, 0.29) is 18.0 Å². The van der Waals surface area contributed by atoms with E-state index in [1.807, 2.05) is 13.8 Å². The first-order valence-electron chi connectivity index (χ1n) is 6.99. The van der Waals surface area contributed by atoms with Gasteiger partial charge in [0, 0.05) is 5.92 Å². The van der Waals surface area contributed by atoms with Crippen molar-refractivity contribution >= 4 is 27.5 Å². The molecule has 2 aromatic rings. The van der Waals surface area contributed by atoms with Crippen LogP contribution in [0.15, 0.2) is 4.79 Å². The summed E-state index contributed by atoms with van der Waals surface area (Å²) in [6.45, 7) is 3.84. The van der Waals surface area contributed by atoms with E-state index < -0.39 is 5.97 Å². The summed E-state index contributed by atoms with van der Waals surface area (Å²) in [4.78, 5) is 28.5. The van der Waals surface area contributed by atoms with Gasteiger partial charge in [-0.05, 0) is 18.8 Å². The number of thiazole rings is 1. The Morgan fingerprint density at radius 2 is 2.19 bits per heavy atom. The van der Waals surface area contributed by atoms with E-state index in [9.17, 15) is 9.59 Å². The number of methoxy groups -OCH3 is 1. The third kappa shape index (κ3) is 2.57. The van der Waals surface area contributed by atoms with Gasteiger partial charge in [0.15, 0.2) is 0 Å². The van der Waals surface area contributed by atoms with Crippen molar-refractivity contribution in [2.24, 2.45) is 0 Å². The summed E-state index contributed by atoms with van der Waals surface area (Å²) in [6.07, 6.45) is 2.28. The molecule has 3 rings (SSSR count). The largest absolute Gasteiger partial charge is 0.468 e. The molecule has 112 valence electrons. The maximum atomic E-state index is 12.5. The Morgan fingerprint density at radius 1 is 1.48 bits per heavy atom. The van der Waals surface area contributed by atoms with Crippen LogP contribution in [0.5, 0.6) is 0 Å². The van der Waals surface area contributed by atoms with E-state index in [1.165, 1.54) is 23.1 Å². The average Bonchev–Trinajstić information content (AvgIpc) is 3.20. The van der Waals surface area contributed by atoms with Crippen LogP contribution in [0.1, 0.15) is 49.2 Å². The van der Waals surface area contributed by atoms with Crippen molar-refractivity contribution in [3.8, 4) is 0 Å². The van der Waals surface area contributed by atoms with Crippen LogP contribution in [0.2, 0.25) is 0 Å². The highest BCUT2D eigenvalue weighted by molar-refractivity contribution is 7.18. The van der Waals surface area contributed by atoms with Crippen LogP contribution >= 0.6 is 11.3 Å². The van der Waals surface area contributed by atoms with Crippen LogP contribution in [0.4, 0.5) is 0 Å². The Labute approximate surface area is 125 Å². The molecule has 0 spiro atoms. The van der Waals surface area contributed by atoms with Gasteiger partial charge in [-0.3, -0.25) is 9.59 Å². The minimum atomic E-state index is -0.481. The maximum absolute atomic E-state index is 12.5. The highest BCUT2D eigenvalue weighted by Crippen LogP contribution is 2.43. The molecule has 0 atom stereocenters. The number of carbonyl (C=O) groups excluding carboxylic acids is 1. The normalized spacial score (nSPS) is 14.9. The zero-order chi connectivity index (χ0) is 15.1. The molecule has 0 saturated heterocycles. The average molecular weight is 307 g/mol. The number of rotatable bonds is 4. The van der Waals surface area contributed by atoms with E-state index in [4.69, 9.17) is 0 Å². The Kier molecular flexibility index (Phi) is 3.52. The summed E-state index contributed by atoms with van der Waals surface area (Å²) in [5.41, 5.74) is 1.20. The Morgan fingerprint density at radius 3 is 2.76 bits per heavy atom. The van der Waals surface area contributed by atoms with Gasteiger partial charge in [-0.1, -0.05) is 13.8 Å². The molecule has 0 bridgehead atoms. The van der Waals surface area contributed by atoms with Crippen molar-refractivity contribution in [2.75, 3.05) is 7.11 Å². The molecule has 7 heteroatoms. The van der Waals surface area contributed by atoms with Gasteiger partial charge in [-0.2, -0.15) is 5.10 Å². The second kappa shape index (κ2) is 5.22. The fourth-order valence-corrected chi connectivity index (χ4v) is 3.37. The van der Waals surface area contributed by atoms with Crippen molar-refractivity contribution < 1.29 is 9.53 Å². The van der Waals surface area contributed by atoms with Crippen LogP contribution in [-0.4, -0.2) is 27.8 Å². The molecule has 0 aliphatic heterocycles. The lowest BCUT2D eigenvalue weighted by Gasteiger charge is -2.09. The smallest absolute Gasteiger partial charge is 0.327 e. The van der Waals surface area contributed by atoms with Gasteiger partial charge >= 0.3 is 5.97 Å². The lowest BCUT2D eigenvalue weighted by Crippen LogP contribution is -2.28. The van der Waals surface area contributed by atoms with Crippen molar-refractivity contribution in [3.05, 3.63) is 21.1 Å².